The molecule has 0 saturated carbocycles. The predicted molar refractivity (Wildman–Crippen MR) is 184 cm³/mol. The van der Waals surface area contributed by atoms with Crippen molar-refractivity contribution >= 4 is 0 Å². The maximum absolute atomic E-state index is 11.7. The van der Waals surface area contributed by atoms with E-state index in [9.17, 15) is 22.7 Å². The molecule has 1 spiro atoms. The van der Waals surface area contributed by atoms with Crippen molar-refractivity contribution in [2.75, 3.05) is 53.7 Å². The van der Waals surface area contributed by atoms with Crippen LogP contribution in [0.1, 0.15) is 113 Å². The minimum Gasteiger partial charge on any atom is -0.390 e. The summed E-state index contributed by atoms with van der Waals surface area (Å²) in [5.41, 5.74) is 2.70. The summed E-state index contributed by atoms with van der Waals surface area (Å²) >= 11 is 0. The molecule has 1 atom stereocenters. The second-order valence-electron chi connectivity index (χ2n) is 11.9. The van der Waals surface area contributed by atoms with Gasteiger partial charge in [0.2, 0.25) is 12.9 Å². The molecule has 0 radical (unpaired) electrons. The van der Waals surface area contributed by atoms with Crippen molar-refractivity contribution in [3.05, 3.63) is 36.1 Å². The summed E-state index contributed by atoms with van der Waals surface area (Å²) in [6.07, 6.45) is 24.3. The summed E-state index contributed by atoms with van der Waals surface area (Å²) in [6.45, 7) is 21.3. The van der Waals surface area contributed by atoms with Gasteiger partial charge >= 0.3 is 0 Å². The summed E-state index contributed by atoms with van der Waals surface area (Å²) in [7, 11) is 4.58. The molecule has 2 fully saturated rings. The number of likely N-dealkylation sites (N-methyl/N-ethyl adjacent to an activating group) is 2. The SMILES string of the molecule is C#C.C=C(C1=CC=CCCC1)N1CCC2(CC1)CN(C)CCN2C.CC.CCCC(C)(F)F.CCCC(C)(O)CC.FCF. The Morgan fingerprint density at radius 2 is 1.50 bits per heavy atom. The van der Waals surface area contributed by atoms with Gasteiger partial charge < -0.3 is 14.9 Å². The van der Waals surface area contributed by atoms with E-state index in [0.717, 1.165) is 39.3 Å². The van der Waals surface area contributed by atoms with Crippen LogP contribution in [0, 0.1) is 12.8 Å². The molecule has 1 N–H and O–H groups in total. The molecule has 44 heavy (non-hydrogen) atoms. The van der Waals surface area contributed by atoms with Gasteiger partial charge in [-0.15, -0.1) is 12.8 Å². The number of nitrogens with zero attached hydrogens (tertiary/aromatic N) is 3. The second kappa shape index (κ2) is 26.4. The number of hydrogen-bond donors (Lipinski definition) is 1. The van der Waals surface area contributed by atoms with Crippen LogP contribution in [0.5, 0.6) is 0 Å². The summed E-state index contributed by atoms with van der Waals surface area (Å²) < 4.78 is 42.7. The Bertz CT molecular complexity index is 782. The van der Waals surface area contributed by atoms with Crippen LogP contribution in [0.3, 0.4) is 0 Å². The zero-order valence-electron chi connectivity index (χ0n) is 29.7. The van der Waals surface area contributed by atoms with Crippen molar-refractivity contribution in [1.82, 2.24) is 14.7 Å². The Labute approximate surface area is 269 Å². The van der Waals surface area contributed by atoms with Crippen LogP contribution >= 0.6 is 0 Å². The summed E-state index contributed by atoms with van der Waals surface area (Å²) in [4.78, 5) is 7.64. The highest BCUT2D eigenvalue weighted by atomic mass is 19.3. The van der Waals surface area contributed by atoms with Gasteiger partial charge in [-0.2, -0.15) is 0 Å². The molecule has 0 aromatic carbocycles. The van der Waals surface area contributed by atoms with E-state index in [2.05, 4.69) is 73.4 Å². The lowest BCUT2D eigenvalue weighted by Gasteiger charge is -2.53. The Kier molecular flexibility index (Phi) is 28.0. The Morgan fingerprint density at radius 3 is 1.91 bits per heavy atom. The van der Waals surface area contributed by atoms with Crippen LogP contribution < -0.4 is 0 Å². The number of piperazine rings is 1. The van der Waals surface area contributed by atoms with Gasteiger partial charge in [-0.3, -0.25) is 4.90 Å². The highest BCUT2D eigenvalue weighted by molar-refractivity contribution is 5.32. The minimum absolute atomic E-state index is 0.00694. The van der Waals surface area contributed by atoms with E-state index in [1.54, 1.807) is 6.92 Å². The number of piperidine rings is 1. The zero-order chi connectivity index (χ0) is 34.8. The van der Waals surface area contributed by atoms with E-state index in [-0.39, 0.29) is 6.42 Å². The first kappa shape index (κ1) is 46.6. The van der Waals surface area contributed by atoms with Crippen LogP contribution in [0.2, 0.25) is 0 Å². The predicted octanol–water partition coefficient (Wildman–Crippen LogP) is 9.43. The first-order valence-corrected chi connectivity index (χ1v) is 16.5. The number of hydrogen-bond acceptors (Lipinski definition) is 4. The fourth-order valence-electron chi connectivity index (χ4n) is 5.36. The Morgan fingerprint density at radius 1 is 0.977 bits per heavy atom. The number of allylic oxidation sites excluding steroid dienone is 4. The molecular formula is C36H67F4N3O. The van der Waals surface area contributed by atoms with Gasteiger partial charge in [0.1, 0.15) is 0 Å². The van der Waals surface area contributed by atoms with Gasteiger partial charge in [-0.25, -0.2) is 17.6 Å². The number of likely N-dealkylation sites (tertiary alicyclic amines) is 1. The molecule has 1 aliphatic carbocycles. The number of aliphatic hydroxyl groups is 1. The van der Waals surface area contributed by atoms with E-state index in [1.165, 1.54) is 63.0 Å². The number of halogens is 4. The molecule has 4 nitrogen and oxygen atoms in total. The lowest BCUT2D eigenvalue weighted by atomic mass is 9.83. The lowest BCUT2D eigenvalue weighted by molar-refractivity contribution is -0.0128. The second-order valence-corrected chi connectivity index (χ2v) is 11.9. The normalized spacial score (nSPS) is 19.2. The monoisotopic (exact) mass is 634 g/mol. The van der Waals surface area contributed by atoms with Crippen molar-refractivity contribution in [3.8, 4) is 12.8 Å². The average molecular weight is 634 g/mol. The van der Waals surface area contributed by atoms with Crippen molar-refractivity contribution in [2.24, 2.45) is 0 Å². The van der Waals surface area contributed by atoms with Crippen LogP contribution in [0.4, 0.5) is 17.6 Å². The smallest absolute Gasteiger partial charge is 0.245 e. The third-order valence-electron chi connectivity index (χ3n) is 8.13. The highest BCUT2D eigenvalue weighted by Crippen LogP contribution is 2.34. The number of terminal acetylenes is 1. The highest BCUT2D eigenvalue weighted by Gasteiger charge is 2.41. The minimum atomic E-state index is -2.45. The molecule has 2 aliphatic heterocycles. The average Bonchev–Trinajstić information content (AvgIpc) is 3.28. The summed E-state index contributed by atoms with van der Waals surface area (Å²) in [5.74, 6) is -2.45. The molecule has 260 valence electrons. The standard InChI is InChI=1S/C19H31N3.C7H16O.C5H10F2.C2H6.C2H2.CH2F2/c1-17(18-8-6-4-5-7-9-18)22-12-10-19(11-13-22)16-20(2)14-15-21(19)3;1-4-6-7(3,8)5-2;1-3-4-5(2,6)7;2*1-2;2-1-3/h4,6,8H,1,5,7,9-16H2,2-3H3;8H,4-6H2,1-3H3;3-4H2,1-2H3;1-2H3;1-2H;1H2. The maximum atomic E-state index is 11.7. The largest absolute Gasteiger partial charge is 0.390 e. The molecule has 2 saturated heterocycles. The molecular weight excluding hydrogens is 566 g/mol. The van der Waals surface area contributed by atoms with Crippen molar-refractivity contribution in [2.45, 2.75) is 130 Å². The van der Waals surface area contributed by atoms with Crippen LogP contribution in [0.15, 0.2) is 36.1 Å². The van der Waals surface area contributed by atoms with Crippen LogP contribution in [-0.4, -0.2) is 90.6 Å². The van der Waals surface area contributed by atoms with Gasteiger partial charge in [-0.1, -0.05) is 72.3 Å². The summed E-state index contributed by atoms with van der Waals surface area (Å²) in [6, 6.07) is 0. The van der Waals surface area contributed by atoms with Crippen molar-refractivity contribution in [1.29, 1.82) is 0 Å². The fourth-order valence-corrected chi connectivity index (χ4v) is 5.36. The molecule has 0 aromatic heterocycles. The Balaban J connectivity index is -0.000000633. The number of alkyl halides is 4. The fraction of sp³-hybridized carbons (Fsp3) is 0.778. The van der Waals surface area contributed by atoms with Gasteiger partial charge in [0.25, 0.3) is 0 Å². The Hall–Kier alpha value is -1.82. The maximum Gasteiger partial charge on any atom is 0.245 e. The molecule has 8 heteroatoms. The molecule has 0 bridgehead atoms. The third kappa shape index (κ3) is 21.0. The van der Waals surface area contributed by atoms with E-state index in [0.29, 0.717) is 12.0 Å². The quantitative estimate of drug-likeness (QED) is 0.224. The van der Waals surface area contributed by atoms with Crippen molar-refractivity contribution in [3.63, 3.8) is 0 Å². The topological polar surface area (TPSA) is 30.0 Å². The zero-order valence-corrected chi connectivity index (χ0v) is 29.7. The van der Waals surface area contributed by atoms with E-state index in [1.807, 2.05) is 27.7 Å². The lowest BCUT2D eigenvalue weighted by Crippen LogP contribution is -2.63. The first-order valence-electron chi connectivity index (χ1n) is 16.5. The van der Waals surface area contributed by atoms with Crippen molar-refractivity contribution < 1.29 is 22.7 Å². The van der Waals surface area contributed by atoms with E-state index < -0.39 is 18.5 Å². The molecule has 3 aliphatic rings. The molecule has 0 amide bonds. The van der Waals surface area contributed by atoms with Gasteiger partial charge in [0.15, 0.2) is 0 Å². The van der Waals surface area contributed by atoms with E-state index >= 15 is 0 Å². The first-order chi connectivity index (χ1) is 20.7. The molecule has 3 rings (SSSR count). The van der Waals surface area contributed by atoms with Gasteiger partial charge in [0.05, 0.1) is 5.60 Å². The van der Waals surface area contributed by atoms with Crippen LogP contribution in [-0.2, 0) is 0 Å². The summed E-state index contributed by atoms with van der Waals surface area (Å²) in [5, 5.41) is 9.32. The van der Waals surface area contributed by atoms with E-state index in [4.69, 9.17) is 0 Å². The van der Waals surface area contributed by atoms with Gasteiger partial charge in [-0.05, 0) is 78.5 Å². The molecule has 1 unspecified atom stereocenters. The molecule has 0 aromatic rings. The third-order valence-corrected chi connectivity index (χ3v) is 8.13. The molecule has 2 heterocycles. The van der Waals surface area contributed by atoms with Crippen LogP contribution in [0.25, 0.3) is 0 Å². The number of rotatable bonds is 7. The van der Waals surface area contributed by atoms with Gasteiger partial charge in [0, 0.05) is 50.4 Å².